The SMILES string of the molecule is COCCOCCOCCSC(C)(C)[C@H](NC(=O)CCCCCOCCCCCCN)C(=O)I. The van der Waals surface area contributed by atoms with Crippen molar-refractivity contribution in [2.24, 2.45) is 5.73 Å². The minimum absolute atomic E-state index is 0.0595. The van der Waals surface area contributed by atoms with E-state index in [0.29, 0.717) is 39.5 Å². The summed E-state index contributed by atoms with van der Waals surface area (Å²) in [5.41, 5.74) is 5.48. The third-order valence-electron chi connectivity index (χ3n) is 5.17. The molecule has 0 saturated carbocycles. The van der Waals surface area contributed by atoms with E-state index in [9.17, 15) is 9.59 Å². The second-order valence-electron chi connectivity index (χ2n) is 8.60. The van der Waals surface area contributed by atoms with E-state index in [0.717, 1.165) is 57.6 Å². The zero-order valence-corrected chi connectivity index (χ0v) is 24.4. The average molecular weight is 619 g/mol. The second-order valence-corrected chi connectivity index (χ2v) is 11.4. The number of carbonyl (C=O) groups excluding carboxylic acids is 2. The van der Waals surface area contributed by atoms with E-state index in [1.54, 1.807) is 41.5 Å². The summed E-state index contributed by atoms with van der Waals surface area (Å²) in [5.74, 6) is 0.656. The summed E-state index contributed by atoms with van der Waals surface area (Å²) in [7, 11) is 1.64. The third-order valence-corrected chi connectivity index (χ3v) is 7.14. The molecule has 0 aromatic carbocycles. The molecule has 1 atom stereocenters. The Labute approximate surface area is 224 Å². The minimum Gasteiger partial charge on any atom is -0.382 e. The van der Waals surface area contributed by atoms with Crippen molar-refractivity contribution < 1.29 is 28.5 Å². The fourth-order valence-corrected chi connectivity index (χ4v) is 5.32. The molecule has 0 unspecified atom stereocenters. The van der Waals surface area contributed by atoms with Gasteiger partial charge in [-0.15, -0.1) is 0 Å². The van der Waals surface area contributed by atoms with Crippen molar-refractivity contribution in [2.75, 3.05) is 65.7 Å². The highest BCUT2D eigenvalue weighted by molar-refractivity contribution is 14.1. The zero-order chi connectivity index (χ0) is 25.5. The Kier molecular flexibility index (Phi) is 23.4. The number of unbranched alkanes of at least 4 members (excludes halogenated alkanes) is 5. The van der Waals surface area contributed by atoms with Crippen molar-refractivity contribution in [3.63, 3.8) is 0 Å². The standard InChI is InChI=1S/C24H47IN2O6S/c1-24(2,34-20-19-33-18-17-32-16-15-30-3)22(23(25)29)27-21(28)11-7-6-10-14-31-13-9-5-4-8-12-26/h22H,4-20,26H2,1-3H3,(H,27,28)/t22-/m1/s1. The summed E-state index contributed by atoms with van der Waals surface area (Å²) in [6.07, 6.45) is 7.61. The number of ether oxygens (including phenoxy) is 4. The monoisotopic (exact) mass is 618 g/mol. The molecule has 202 valence electrons. The highest BCUT2D eigenvalue weighted by atomic mass is 127. The lowest BCUT2D eigenvalue weighted by Gasteiger charge is -2.32. The fourth-order valence-electron chi connectivity index (χ4n) is 3.12. The highest BCUT2D eigenvalue weighted by Gasteiger charge is 2.35. The molecule has 0 aromatic rings. The molecule has 3 N–H and O–H groups in total. The highest BCUT2D eigenvalue weighted by Crippen LogP contribution is 2.30. The van der Waals surface area contributed by atoms with Crippen LogP contribution in [0.4, 0.5) is 0 Å². The van der Waals surface area contributed by atoms with Crippen LogP contribution in [-0.2, 0) is 28.5 Å². The van der Waals surface area contributed by atoms with Crippen molar-refractivity contribution in [2.45, 2.75) is 76.0 Å². The summed E-state index contributed by atoms with van der Waals surface area (Å²) in [5, 5.41) is 2.94. The molecule has 0 rings (SSSR count). The summed E-state index contributed by atoms with van der Waals surface area (Å²) in [6.45, 7) is 9.02. The van der Waals surface area contributed by atoms with Crippen LogP contribution in [0, 0.1) is 0 Å². The number of amides is 1. The molecular formula is C24H47IN2O6S. The van der Waals surface area contributed by atoms with Crippen LogP contribution in [0.5, 0.6) is 0 Å². The molecule has 0 aliphatic rings. The molecule has 0 radical (unpaired) electrons. The Bertz CT molecular complexity index is 514. The molecule has 0 saturated heterocycles. The summed E-state index contributed by atoms with van der Waals surface area (Å²) < 4.78 is 21.0. The largest absolute Gasteiger partial charge is 0.382 e. The molecule has 0 aromatic heterocycles. The van der Waals surface area contributed by atoms with Gasteiger partial charge in [-0.25, -0.2) is 0 Å². The van der Waals surface area contributed by atoms with Gasteiger partial charge < -0.3 is 30.0 Å². The van der Waals surface area contributed by atoms with Gasteiger partial charge in [-0.3, -0.25) is 9.59 Å². The molecule has 0 heterocycles. The van der Waals surface area contributed by atoms with Gasteiger partial charge in [-0.2, -0.15) is 11.8 Å². The topological polar surface area (TPSA) is 109 Å². The van der Waals surface area contributed by atoms with Gasteiger partial charge in [-0.05, 0) is 46.1 Å². The van der Waals surface area contributed by atoms with E-state index in [1.165, 1.54) is 12.8 Å². The van der Waals surface area contributed by atoms with Gasteiger partial charge >= 0.3 is 0 Å². The maximum Gasteiger partial charge on any atom is 0.220 e. The molecule has 0 bridgehead atoms. The molecule has 0 aliphatic heterocycles. The van der Waals surface area contributed by atoms with E-state index in [4.69, 9.17) is 24.7 Å². The molecule has 8 nitrogen and oxygen atoms in total. The van der Waals surface area contributed by atoms with Gasteiger partial charge in [-0.1, -0.05) is 19.3 Å². The third kappa shape index (κ3) is 20.2. The van der Waals surface area contributed by atoms with E-state index in [1.807, 2.05) is 13.8 Å². The summed E-state index contributed by atoms with van der Waals surface area (Å²) in [6, 6.07) is -0.536. The number of nitrogens with two attached hydrogens (primary N) is 1. The molecule has 0 fully saturated rings. The van der Waals surface area contributed by atoms with Crippen molar-refractivity contribution in [3.8, 4) is 0 Å². The normalized spacial score (nSPS) is 12.6. The van der Waals surface area contributed by atoms with Gasteiger partial charge in [0, 0.05) is 59.8 Å². The van der Waals surface area contributed by atoms with Crippen LogP contribution in [0.25, 0.3) is 0 Å². The fraction of sp³-hybridized carbons (Fsp3) is 0.917. The lowest BCUT2D eigenvalue weighted by Crippen LogP contribution is -2.51. The maximum atomic E-state index is 12.4. The predicted octanol–water partition coefficient (Wildman–Crippen LogP) is 3.72. The first-order valence-corrected chi connectivity index (χ1v) is 14.5. The first kappa shape index (κ1) is 34.0. The minimum atomic E-state index is -0.536. The van der Waals surface area contributed by atoms with Crippen LogP contribution >= 0.6 is 34.4 Å². The molecular weight excluding hydrogens is 571 g/mol. The van der Waals surface area contributed by atoms with Crippen LogP contribution < -0.4 is 11.1 Å². The Hall–Kier alpha value is 0.0200. The van der Waals surface area contributed by atoms with Crippen LogP contribution in [0.2, 0.25) is 0 Å². The molecule has 0 aliphatic carbocycles. The average Bonchev–Trinajstić information content (AvgIpc) is 2.79. The zero-order valence-electron chi connectivity index (χ0n) is 21.4. The van der Waals surface area contributed by atoms with E-state index < -0.39 is 10.8 Å². The number of nitrogens with one attached hydrogen (secondary N) is 1. The van der Waals surface area contributed by atoms with Crippen molar-refractivity contribution in [3.05, 3.63) is 0 Å². The molecule has 34 heavy (non-hydrogen) atoms. The quantitative estimate of drug-likeness (QED) is 0.0906. The number of methoxy groups -OCH3 is 1. The molecule has 1 amide bonds. The van der Waals surface area contributed by atoms with Gasteiger partial charge in [0.05, 0.1) is 33.0 Å². The van der Waals surface area contributed by atoms with E-state index in [-0.39, 0.29) is 9.70 Å². The molecule has 0 spiro atoms. The van der Waals surface area contributed by atoms with Gasteiger partial charge in [0.15, 0.2) is 0 Å². The first-order valence-electron chi connectivity index (χ1n) is 12.4. The van der Waals surface area contributed by atoms with Crippen LogP contribution in [0.15, 0.2) is 0 Å². The van der Waals surface area contributed by atoms with Crippen molar-refractivity contribution in [1.82, 2.24) is 5.32 Å². The second kappa shape index (κ2) is 23.4. The summed E-state index contributed by atoms with van der Waals surface area (Å²) in [4.78, 5) is 24.6. The van der Waals surface area contributed by atoms with Crippen LogP contribution in [0.1, 0.15) is 65.2 Å². The Balaban J connectivity index is 3.95. The maximum absolute atomic E-state index is 12.4. The van der Waals surface area contributed by atoms with Crippen molar-refractivity contribution in [1.29, 1.82) is 0 Å². The Morgan fingerprint density at radius 3 is 2.03 bits per heavy atom. The van der Waals surface area contributed by atoms with Gasteiger partial charge in [0.2, 0.25) is 9.70 Å². The lowest BCUT2D eigenvalue weighted by atomic mass is 10.0. The smallest absolute Gasteiger partial charge is 0.220 e. The Morgan fingerprint density at radius 1 is 0.853 bits per heavy atom. The van der Waals surface area contributed by atoms with E-state index in [2.05, 4.69) is 5.32 Å². The first-order chi connectivity index (χ1) is 16.3. The van der Waals surface area contributed by atoms with Crippen LogP contribution in [-0.4, -0.2) is 86.1 Å². The number of thioether (sulfide) groups is 1. The number of rotatable bonds is 25. The Morgan fingerprint density at radius 2 is 1.41 bits per heavy atom. The number of carbonyl (C=O) groups is 2. The van der Waals surface area contributed by atoms with Gasteiger partial charge in [0.1, 0.15) is 6.04 Å². The number of hydrogen-bond donors (Lipinski definition) is 2. The predicted molar refractivity (Wildman–Crippen MR) is 148 cm³/mol. The number of halogens is 1. The van der Waals surface area contributed by atoms with Gasteiger partial charge in [0.25, 0.3) is 0 Å². The van der Waals surface area contributed by atoms with Crippen molar-refractivity contribution >= 4 is 44.0 Å². The number of hydrogen-bond acceptors (Lipinski definition) is 8. The van der Waals surface area contributed by atoms with Crippen LogP contribution in [0.3, 0.4) is 0 Å². The summed E-state index contributed by atoms with van der Waals surface area (Å²) >= 11 is 3.41. The lowest BCUT2D eigenvalue weighted by molar-refractivity contribution is -0.124. The molecule has 10 heteroatoms. The van der Waals surface area contributed by atoms with E-state index >= 15 is 0 Å².